The second kappa shape index (κ2) is 8.31. The summed E-state index contributed by atoms with van der Waals surface area (Å²) in [5, 5.41) is 2.69. The van der Waals surface area contributed by atoms with Crippen LogP contribution in [0, 0.1) is 6.92 Å². The van der Waals surface area contributed by atoms with Crippen LogP contribution in [-0.4, -0.2) is 23.5 Å². The first-order valence-corrected chi connectivity index (χ1v) is 8.65. The molecule has 0 bridgehead atoms. The number of oxazole rings is 1. The Balaban J connectivity index is 1.59. The number of anilines is 1. The number of amides is 1. The van der Waals surface area contributed by atoms with Crippen molar-refractivity contribution in [2.75, 3.05) is 11.9 Å². The molecule has 0 aliphatic carbocycles. The van der Waals surface area contributed by atoms with Crippen LogP contribution in [0.4, 0.5) is 5.69 Å². The number of esters is 1. The largest absolute Gasteiger partial charge is 0.451 e. The SMILES string of the molecule is CCc1ccc(NC(=O)COC(=O)c2nc(-c3ccccc3)oc2C)cc1. The van der Waals surface area contributed by atoms with Gasteiger partial charge in [-0.3, -0.25) is 4.79 Å². The molecule has 0 radical (unpaired) electrons. The lowest BCUT2D eigenvalue weighted by atomic mass is 10.1. The van der Waals surface area contributed by atoms with Crippen LogP contribution in [0.3, 0.4) is 0 Å². The molecule has 0 atom stereocenters. The number of nitrogens with zero attached hydrogens (tertiary/aromatic N) is 1. The van der Waals surface area contributed by atoms with Crippen molar-refractivity contribution in [3.8, 4) is 11.5 Å². The lowest BCUT2D eigenvalue weighted by Crippen LogP contribution is -2.21. The Kier molecular flexibility index (Phi) is 5.66. The van der Waals surface area contributed by atoms with Gasteiger partial charge in [0.25, 0.3) is 5.91 Å². The van der Waals surface area contributed by atoms with E-state index in [4.69, 9.17) is 9.15 Å². The van der Waals surface area contributed by atoms with Crippen molar-refractivity contribution < 1.29 is 18.7 Å². The minimum absolute atomic E-state index is 0.0638. The highest BCUT2D eigenvalue weighted by Crippen LogP contribution is 2.21. The van der Waals surface area contributed by atoms with E-state index in [-0.39, 0.29) is 5.69 Å². The van der Waals surface area contributed by atoms with E-state index in [1.165, 1.54) is 5.56 Å². The number of hydrogen-bond donors (Lipinski definition) is 1. The Labute approximate surface area is 157 Å². The van der Waals surface area contributed by atoms with Gasteiger partial charge in [-0.05, 0) is 43.2 Å². The number of hydrogen-bond acceptors (Lipinski definition) is 5. The number of carbonyl (C=O) groups excluding carboxylic acids is 2. The average molecular weight is 364 g/mol. The maximum Gasteiger partial charge on any atom is 0.361 e. The van der Waals surface area contributed by atoms with Crippen molar-refractivity contribution in [1.29, 1.82) is 0 Å². The zero-order chi connectivity index (χ0) is 19.2. The van der Waals surface area contributed by atoms with E-state index in [0.29, 0.717) is 17.3 Å². The Morgan fingerprint density at radius 1 is 1.07 bits per heavy atom. The third-order valence-corrected chi connectivity index (χ3v) is 3.99. The monoisotopic (exact) mass is 364 g/mol. The predicted octanol–water partition coefficient (Wildman–Crippen LogP) is 4.01. The van der Waals surface area contributed by atoms with E-state index in [2.05, 4.69) is 17.2 Å². The van der Waals surface area contributed by atoms with Gasteiger partial charge in [0.1, 0.15) is 5.76 Å². The summed E-state index contributed by atoms with van der Waals surface area (Å²) in [4.78, 5) is 28.4. The van der Waals surface area contributed by atoms with Crippen LogP contribution >= 0.6 is 0 Å². The normalized spacial score (nSPS) is 10.4. The van der Waals surface area contributed by atoms with Crippen LogP contribution < -0.4 is 5.32 Å². The fourth-order valence-corrected chi connectivity index (χ4v) is 2.51. The minimum atomic E-state index is -0.699. The molecule has 1 aromatic heterocycles. The van der Waals surface area contributed by atoms with Crippen LogP contribution in [0.25, 0.3) is 11.5 Å². The van der Waals surface area contributed by atoms with Crippen molar-refractivity contribution in [2.24, 2.45) is 0 Å². The molecule has 1 heterocycles. The standard InChI is InChI=1S/C21H20N2O4/c1-3-15-9-11-17(12-10-15)22-18(24)13-26-21(25)19-14(2)27-20(23-19)16-7-5-4-6-8-16/h4-12H,3,13H2,1-2H3,(H,22,24). The summed E-state index contributed by atoms with van der Waals surface area (Å²) in [6.07, 6.45) is 0.924. The molecule has 3 rings (SSSR count). The summed E-state index contributed by atoms with van der Waals surface area (Å²) in [5.74, 6) is -0.443. The fraction of sp³-hybridized carbons (Fsp3) is 0.190. The van der Waals surface area contributed by atoms with Gasteiger partial charge in [-0.15, -0.1) is 0 Å². The molecule has 1 amide bonds. The molecule has 2 aromatic carbocycles. The van der Waals surface area contributed by atoms with Crippen LogP contribution in [-0.2, 0) is 16.0 Å². The second-order valence-electron chi connectivity index (χ2n) is 5.96. The van der Waals surface area contributed by atoms with Crippen molar-refractivity contribution in [1.82, 2.24) is 4.98 Å². The van der Waals surface area contributed by atoms with Gasteiger partial charge >= 0.3 is 5.97 Å². The maximum absolute atomic E-state index is 12.2. The van der Waals surface area contributed by atoms with E-state index in [0.717, 1.165) is 12.0 Å². The zero-order valence-corrected chi connectivity index (χ0v) is 15.2. The summed E-state index contributed by atoms with van der Waals surface area (Å²) < 4.78 is 10.6. The lowest BCUT2D eigenvalue weighted by Gasteiger charge is -2.06. The number of rotatable bonds is 6. The van der Waals surface area contributed by atoms with Gasteiger partial charge < -0.3 is 14.5 Å². The summed E-state index contributed by atoms with van der Waals surface area (Å²) in [5.41, 5.74) is 2.65. The number of benzene rings is 2. The fourth-order valence-electron chi connectivity index (χ4n) is 2.51. The van der Waals surface area contributed by atoms with E-state index in [1.54, 1.807) is 6.92 Å². The average Bonchev–Trinajstić information content (AvgIpc) is 3.09. The third kappa shape index (κ3) is 4.61. The number of nitrogens with one attached hydrogen (secondary N) is 1. The molecule has 0 unspecified atom stereocenters. The molecule has 138 valence electrons. The lowest BCUT2D eigenvalue weighted by molar-refractivity contribution is -0.119. The van der Waals surface area contributed by atoms with Gasteiger partial charge in [-0.25, -0.2) is 9.78 Å². The highest BCUT2D eigenvalue weighted by molar-refractivity contribution is 5.95. The van der Waals surface area contributed by atoms with Crippen LogP contribution in [0.15, 0.2) is 59.0 Å². The number of carbonyl (C=O) groups is 2. The minimum Gasteiger partial charge on any atom is -0.451 e. The summed E-state index contributed by atoms with van der Waals surface area (Å²) in [6.45, 7) is 3.29. The summed E-state index contributed by atoms with van der Waals surface area (Å²) in [7, 11) is 0. The second-order valence-corrected chi connectivity index (χ2v) is 5.96. The van der Waals surface area contributed by atoms with Gasteiger partial charge in [-0.1, -0.05) is 37.3 Å². The molecular formula is C21H20N2O4. The quantitative estimate of drug-likeness (QED) is 0.669. The maximum atomic E-state index is 12.2. The van der Waals surface area contributed by atoms with Gasteiger partial charge in [0.15, 0.2) is 12.3 Å². The Morgan fingerprint density at radius 2 is 1.78 bits per heavy atom. The van der Waals surface area contributed by atoms with E-state index in [1.807, 2.05) is 54.6 Å². The molecule has 6 nitrogen and oxygen atoms in total. The van der Waals surface area contributed by atoms with Crippen LogP contribution in [0.2, 0.25) is 0 Å². The Bertz CT molecular complexity index is 931. The van der Waals surface area contributed by atoms with E-state index >= 15 is 0 Å². The number of aryl methyl sites for hydroxylation is 2. The molecule has 3 aromatic rings. The number of ether oxygens (including phenoxy) is 1. The zero-order valence-electron chi connectivity index (χ0n) is 15.2. The molecular weight excluding hydrogens is 344 g/mol. The first-order valence-electron chi connectivity index (χ1n) is 8.65. The molecule has 27 heavy (non-hydrogen) atoms. The van der Waals surface area contributed by atoms with Crippen molar-refractivity contribution in [2.45, 2.75) is 20.3 Å². The molecule has 0 saturated heterocycles. The Morgan fingerprint density at radius 3 is 2.44 bits per heavy atom. The van der Waals surface area contributed by atoms with E-state index < -0.39 is 18.5 Å². The summed E-state index contributed by atoms with van der Waals surface area (Å²) >= 11 is 0. The molecule has 0 saturated carbocycles. The summed E-state index contributed by atoms with van der Waals surface area (Å²) in [6, 6.07) is 16.7. The third-order valence-electron chi connectivity index (χ3n) is 3.99. The van der Waals surface area contributed by atoms with Gasteiger partial charge in [0.2, 0.25) is 5.89 Å². The van der Waals surface area contributed by atoms with Gasteiger partial charge in [-0.2, -0.15) is 0 Å². The van der Waals surface area contributed by atoms with Gasteiger partial charge in [0, 0.05) is 11.3 Å². The van der Waals surface area contributed by atoms with E-state index in [9.17, 15) is 9.59 Å². The molecule has 0 fully saturated rings. The molecule has 0 aliphatic heterocycles. The van der Waals surface area contributed by atoms with Crippen molar-refractivity contribution in [3.63, 3.8) is 0 Å². The first kappa shape index (κ1) is 18.4. The Hall–Kier alpha value is -3.41. The highest BCUT2D eigenvalue weighted by atomic mass is 16.5. The highest BCUT2D eigenvalue weighted by Gasteiger charge is 2.20. The first-order chi connectivity index (χ1) is 13.1. The molecule has 1 N–H and O–H groups in total. The van der Waals surface area contributed by atoms with Crippen molar-refractivity contribution >= 4 is 17.6 Å². The van der Waals surface area contributed by atoms with Crippen LogP contribution in [0.5, 0.6) is 0 Å². The smallest absolute Gasteiger partial charge is 0.361 e. The molecule has 0 aliphatic rings. The van der Waals surface area contributed by atoms with Crippen LogP contribution in [0.1, 0.15) is 28.7 Å². The number of aromatic nitrogens is 1. The van der Waals surface area contributed by atoms with Gasteiger partial charge in [0.05, 0.1) is 0 Å². The van der Waals surface area contributed by atoms with Crippen molar-refractivity contribution in [3.05, 3.63) is 71.6 Å². The molecule has 6 heteroatoms. The topological polar surface area (TPSA) is 81.4 Å². The predicted molar refractivity (Wildman–Crippen MR) is 101 cm³/mol. The molecule has 0 spiro atoms.